The molecule has 0 bridgehead atoms. The minimum Gasteiger partial charge on any atom is -0.335 e. The van der Waals surface area contributed by atoms with Gasteiger partial charge in [0.1, 0.15) is 0 Å². The third-order valence-corrected chi connectivity index (χ3v) is 5.58. The van der Waals surface area contributed by atoms with Crippen molar-refractivity contribution in [1.82, 2.24) is 10.2 Å². The SMILES string of the molecule is C[C@H]1C[C@@H](C(=O)N2CCCC2c2ccc(Cl)c(Cl)c2)CCN1. The van der Waals surface area contributed by atoms with Crippen molar-refractivity contribution in [1.29, 1.82) is 0 Å². The number of carbonyl (C=O) groups excluding carboxylic acids is 1. The smallest absolute Gasteiger partial charge is 0.226 e. The summed E-state index contributed by atoms with van der Waals surface area (Å²) < 4.78 is 0. The largest absolute Gasteiger partial charge is 0.335 e. The molecule has 2 fully saturated rings. The number of nitrogens with one attached hydrogen (secondary N) is 1. The van der Waals surface area contributed by atoms with Crippen LogP contribution in [0.2, 0.25) is 10.0 Å². The first-order valence-corrected chi connectivity index (χ1v) is 8.80. The van der Waals surface area contributed by atoms with E-state index in [4.69, 9.17) is 23.2 Å². The van der Waals surface area contributed by atoms with Crippen LogP contribution in [0.3, 0.4) is 0 Å². The Bertz CT molecular complexity index is 564. The van der Waals surface area contributed by atoms with Crippen LogP contribution in [0.1, 0.15) is 44.2 Å². The van der Waals surface area contributed by atoms with Crippen LogP contribution in [0.4, 0.5) is 0 Å². The molecule has 1 amide bonds. The van der Waals surface area contributed by atoms with Gasteiger partial charge in [-0.25, -0.2) is 0 Å². The average Bonchev–Trinajstić information content (AvgIpc) is 2.98. The van der Waals surface area contributed by atoms with Gasteiger partial charge in [-0.05, 0) is 56.8 Å². The van der Waals surface area contributed by atoms with Gasteiger partial charge in [-0.3, -0.25) is 4.79 Å². The molecular formula is C17H22Cl2N2O. The van der Waals surface area contributed by atoms with E-state index in [2.05, 4.69) is 17.1 Å². The van der Waals surface area contributed by atoms with Crippen LogP contribution in [0, 0.1) is 5.92 Å². The van der Waals surface area contributed by atoms with Gasteiger partial charge in [-0.15, -0.1) is 0 Å². The summed E-state index contributed by atoms with van der Waals surface area (Å²) in [5.74, 6) is 0.460. The van der Waals surface area contributed by atoms with Gasteiger partial charge >= 0.3 is 0 Å². The summed E-state index contributed by atoms with van der Waals surface area (Å²) in [6.07, 6.45) is 3.93. The van der Waals surface area contributed by atoms with Crippen molar-refractivity contribution in [3.05, 3.63) is 33.8 Å². The Morgan fingerprint density at radius 1 is 1.27 bits per heavy atom. The average molecular weight is 341 g/mol. The minimum atomic E-state index is 0.146. The molecule has 0 aliphatic carbocycles. The first-order valence-electron chi connectivity index (χ1n) is 8.05. The molecular weight excluding hydrogens is 319 g/mol. The van der Waals surface area contributed by atoms with Crippen LogP contribution >= 0.6 is 23.2 Å². The van der Waals surface area contributed by atoms with Crippen molar-refractivity contribution in [2.75, 3.05) is 13.1 Å². The number of benzene rings is 1. The zero-order valence-corrected chi connectivity index (χ0v) is 14.3. The van der Waals surface area contributed by atoms with Gasteiger partial charge in [-0.1, -0.05) is 29.3 Å². The lowest BCUT2D eigenvalue weighted by molar-refractivity contribution is -0.137. The molecule has 2 heterocycles. The second-order valence-corrected chi connectivity index (χ2v) is 7.25. The fourth-order valence-corrected chi connectivity index (χ4v) is 3.99. The number of amides is 1. The van der Waals surface area contributed by atoms with E-state index in [1.807, 2.05) is 18.2 Å². The van der Waals surface area contributed by atoms with E-state index in [0.29, 0.717) is 22.0 Å². The summed E-state index contributed by atoms with van der Waals surface area (Å²) in [5, 5.41) is 4.54. The predicted octanol–water partition coefficient (Wildman–Crippen LogP) is 4.05. The molecule has 2 aliphatic rings. The number of likely N-dealkylation sites (tertiary alicyclic amines) is 1. The summed E-state index contributed by atoms with van der Waals surface area (Å²) in [4.78, 5) is 15.0. The zero-order chi connectivity index (χ0) is 15.7. The Morgan fingerprint density at radius 2 is 2.09 bits per heavy atom. The molecule has 1 unspecified atom stereocenters. The van der Waals surface area contributed by atoms with Crippen LogP contribution in [0.5, 0.6) is 0 Å². The molecule has 0 spiro atoms. The predicted molar refractivity (Wildman–Crippen MR) is 90.3 cm³/mol. The number of carbonyl (C=O) groups is 1. The van der Waals surface area contributed by atoms with Gasteiger partial charge in [0, 0.05) is 18.5 Å². The highest BCUT2D eigenvalue weighted by atomic mass is 35.5. The fourth-order valence-electron chi connectivity index (χ4n) is 3.69. The molecule has 120 valence electrons. The van der Waals surface area contributed by atoms with Crippen molar-refractivity contribution >= 4 is 29.1 Å². The zero-order valence-electron chi connectivity index (χ0n) is 12.8. The van der Waals surface area contributed by atoms with Gasteiger partial charge in [-0.2, -0.15) is 0 Å². The van der Waals surface area contributed by atoms with Crippen LogP contribution in [-0.2, 0) is 4.79 Å². The first-order chi connectivity index (χ1) is 10.6. The van der Waals surface area contributed by atoms with E-state index in [1.165, 1.54) is 0 Å². The molecule has 3 atom stereocenters. The Morgan fingerprint density at radius 3 is 2.82 bits per heavy atom. The maximum Gasteiger partial charge on any atom is 0.226 e. The van der Waals surface area contributed by atoms with Crippen molar-refractivity contribution in [2.45, 2.75) is 44.7 Å². The Kier molecular flexibility index (Phi) is 4.96. The van der Waals surface area contributed by atoms with E-state index < -0.39 is 0 Å². The van der Waals surface area contributed by atoms with E-state index >= 15 is 0 Å². The maximum atomic E-state index is 12.9. The summed E-state index contributed by atoms with van der Waals surface area (Å²) in [6, 6.07) is 6.30. The van der Waals surface area contributed by atoms with E-state index in [1.54, 1.807) is 0 Å². The van der Waals surface area contributed by atoms with Crippen LogP contribution in [-0.4, -0.2) is 29.9 Å². The second kappa shape index (κ2) is 6.77. The summed E-state index contributed by atoms with van der Waals surface area (Å²) in [7, 11) is 0. The van der Waals surface area contributed by atoms with Crippen molar-refractivity contribution in [3.63, 3.8) is 0 Å². The molecule has 2 saturated heterocycles. The van der Waals surface area contributed by atoms with Crippen molar-refractivity contribution < 1.29 is 4.79 Å². The summed E-state index contributed by atoms with van der Waals surface area (Å²) in [5.41, 5.74) is 1.10. The molecule has 5 heteroatoms. The van der Waals surface area contributed by atoms with Crippen molar-refractivity contribution in [2.24, 2.45) is 5.92 Å². The number of halogens is 2. The molecule has 22 heavy (non-hydrogen) atoms. The highest BCUT2D eigenvalue weighted by Crippen LogP contribution is 2.36. The monoisotopic (exact) mass is 340 g/mol. The maximum absolute atomic E-state index is 12.9. The van der Waals surface area contributed by atoms with Gasteiger partial charge in [0.15, 0.2) is 0 Å². The Hall–Kier alpha value is -0.770. The number of hydrogen-bond acceptors (Lipinski definition) is 2. The van der Waals surface area contributed by atoms with E-state index in [0.717, 1.165) is 44.3 Å². The summed E-state index contributed by atoms with van der Waals surface area (Å²) >= 11 is 12.1. The molecule has 1 aromatic rings. The van der Waals surface area contributed by atoms with Crippen molar-refractivity contribution in [3.8, 4) is 0 Å². The second-order valence-electron chi connectivity index (χ2n) is 6.44. The number of piperidine rings is 1. The minimum absolute atomic E-state index is 0.146. The number of nitrogens with zero attached hydrogens (tertiary/aromatic N) is 1. The number of hydrogen-bond donors (Lipinski definition) is 1. The highest BCUT2D eigenvalue weighted by molar-refractivity contribution is 6.42. The molecule has 0 saturated carbocycles. The first kappa shape index (κ1) is 16.1. The van der Waals surface area contributed by atoms with Gasteiger partial charge < -0.3 is 10.2 Å². The normalized spacial score (nSPS) is 28.9. The highest BCUT2D eigenvalue weighted by Gasteiger charge is 2.35. The molecule has 0 aromatic heterocycles. The lowest BCUT2D eigenvalue weighted by Gasteiger charge is -2.33. The standard InChI is InChI=1S/C17H22Cl2N2O/c1-11-9-13(6-7-20-11)17(22)21-8-2-3-16(21)12-4-5-14(18)15(19)10-12/h4-5,10-11,13,16,20H,2-3,6-9H2,1H3/t11-,13-,16?/m0/s1. The molecule has 1 aromatic carbocycles. The van der Waals surface area contributed by atoms with Crippen LogP contribution in [0.15, 0.2) is 18.2 Å². The van der Waals surface area contributed by atoms with E-state index in [9.17, 15) is 4.79 Å². The Labute approximate surface area is 142 Å². The van der Waals surface area contributed by atoms with Crippen LogP contribution in [0.25, 0.3) is 0 Å². The molecule has 1 N–H and O–H groups in total. The topological polar surface area (TPSA) is 32.3 Å². The lowest BCUT2D eigenvalue weighted by Crippen LogP contribution is -2.44. The molecule has 0 radical (unpaired) electrons. The quantitative estimate of drug-likeness (QED) is 0.880. The number of rotatable bonds is 2. The molecule has 3 nitrogen and oxygen atoms in total. The summed E-state index contributed by atoms with van der Waals surface area (Å²) in [6.45, 7) is 3.94. The Balaban J connectivity index is 1.77. The molecule has 3 rings (SSSR count). The third-order valence-electron chi connectivity index (χ3n) is 4.84. The fraction of sp³-hybridized carbons (Fsp3) is 0.588. The van der Waals surface area contributed by atoms with Gasteiger partial charge in [0.2, 0.25) is 5.91 Å². The third kappa shape index (κ3) is 3.27. The molecule has 2 aliphatic heterocycles. The van der Waals surface area contributed by atoms with Gasteiger partial charge in [0.05, 0.1) is 16.1 Å². The van der Waals surface area contributed by atoms with Gasteiger partial charge in [0.25, 0.3) is 0 Å². The van der Waals surface area contributed by atoms with Crippen LogP contribution < -0.4 is 5.32 Å². The van der Waals surface area contributed by atoms with E-state index in [-0.39, 0.29) is 12.0 Å². The lowest BCUT2D eigenvalue weighted by atomic mass is 9.91.